The van der Waals surface area contributed by atoms with E-state index < -0.39 is 29.7 Å². The number of rotatable bonds is 6. The van der Waals surface area contributed by atoms with E-state index in [1.807, 2.05) is 30.3 Å². The first-order valence-electron chi connectivity index (χ1n) is 11.8. The first-order chi connectivity index (χ1) is 16.1. The van der Waals surface area contributed by atoms with Crippen LogP contribution in [0, 0.1) is 5.92 Å². The number of esters is 1. The number of carbonyl (C=O) groups excluding carboxylic acids is 4. The van der Waals surface area contributed by atoms with Crippen molar-refractivity contribution in [1.82, 2.24) is 20.9 Å². The Labute approximate surface area is 202 Å². The van der Waals surface area contributed by atoms with Crippen LogP contribution >= 0.6 is 0 Å². The molecule has 9 nitrogen and oxygen atoms in total. The van der Waals surface area contributed by atoms with Crippen LogP contribution in [-0.4, -0.2) is 67.0 Å². The lowest BCUT2D eigenvalue weighted by Gasteiger charge is -2.29. The number of hydrogen-bond acceptors (Lipinski definition) is 6. The van der Waals surface area contributed by atoms with Gasteiger partial charge in [0.15, 0.2) is 0 Å². The standard InChI is InChI=1S/C25H38N4O5/c1-25(2,3)34-24(33)19-15-22(31)26-14-8-11-21(29(4)17-30)28-23(32)20(27-16-19)13-12-18-9-6-5-7-10-18/h5-7,9-10,17,19-21,27H,8,11-16H2,1-4H3,(H,26,31)(H,28,32)/t19-,20+,21+/m1/s1. The number of nitrogens with one attached hydrogen (secondary N) is 3. The average Bonchev–Trinajstić information content (AvgIpc) is 2.79. The second-order valence-electron chi connectivity index (χ2n) is 9.71. The predicted octanol–water partition coefficient (Wildman–Crippen LogP) is 1.37. The van der Waals surface area contributed by atoms with Gasteiger partial charge in [0.2, 0.25) is 18.2 Å². The van der Waals surface area contributed by atoms with Crippen molar-refractivity contribution in [2.24, 2.45) is 5.92 Å². The molecule has 0 saturated carbocycles. The largest absolute Gasteiger partial charge is 0.460 e. The van der Waals surface area contributed by atoms with Crippen molar-refractivity contribution in [3.8, 4) is 0 Å². The van der Waals surface area contributed by atoms with Gasteiger partial charge in [-0.05, 0) is 52.0 Å². The van der Waals surface area contributed by atoms with Crippen molar-refractivity contribution >= 4 is 24.2 Å². The molecular weight excluding hydrogens is 436 g/mol. The quantitative estimate of drug-likeness (QED) is 0.424. The molecule has 3 N–H and O–H groups in total. The van der Waals surface area contributed by atoms with Gasteiger partial charge in [-0.2, -0.15) is 0 Å². The lowest BCUT2D eigenvalue weighted by Crippen LogP contribution is -2.53. The lowest BCUT2D eigenvalue weighted by atomic mass is 10.0. The van der Waals surface area contributed by atoms with Gasteiger partial charge >= 0.3 is 5.97 Å². The first-order valence-corrected chi connectivity index (χ1v) is 11.8. The third-order valence-corrected chi connectivity index (χ3v) is 5.61. The van der Waals surface area contributed by atoms with E-state index in [9.17, 15) is 19.2 Å². The van der Waals surface area contributed by atoms with Crippen LogP contribution in [0.25, 0.3) is 0 Å². The van der Waals surface area contributed by atoms with Gasteiger partial charge in [0.1, 0.15) is 11.8 Å². The number of ether oxygens (including phenoxy) is 1. The summed E-state index contributed by atoms with van der Waals surface area (Å²) < 4.78 is 5.52. The smallest absolute Gasteiger partial charge is 0.311 e. The van der Waals surface area contributed by atoms with E-state index in [4.69, 9.17) is 4.74 Å². The fraction of sp³-hybridized carbons (Fsp3) is 0.600. The zero-order valence-electron chi connectivity index (χ0n) is 20.6. The van der Waals surface area contributed by atoms with Gasteiger partial charge in [-0.15, -0.1) is 0 Å². The average molecular weight is 475 g/mol. The Morgan fingerprint density at radius 1 is 1.21 bits per heavy atom. The molecule has 34 heavy (non-hydrogen) atoms. The first kappa shape index (κ1) is 27.3. The number of carbonyl (C=O) groups is 4. The van der Waals surface area contributed by atoms with E-state index in [0.29, 0.717) is 38.6 Å². The molecule has 0 radical (unpaired) electrons. The van der Waals surface area contributed by atoms with Crippen LogP contribution in [0.5, 0.6) is 0 Å². The number of hydrogen-bond donors (Lipinski definition) is 3. The topological polar surface area (TPSA) is 117 Å². The Balaban J connectivity index is 2.23. The molecule has 1 aromatic rings. The summed E-state index contributed by atoms with van der Waals surface area (Å²) in [5.74, 6) is -1.72. The minimum Gasteiger partial charge on any atom is -0.460 e. The maximum absolute atomic E-state index is 13.2. The summed E-state index contributed by atoms with van der Waals surface area (Å²) in [5, 5.41) is 8.96. The summed E-state index contributed by atoms with van der Waals surface area (Å²) in [6.07, 6.45) is 2.33. The number of amides is 3. The van der Waals surface area contributed by atoms with Crippen LogP contribution in [0.2, 0.25) is 0 Å². The molecule has 3 amide bonds. The second kappa shape index (κ2) is 13.1. The fourth-order valence-electron chi connectivity index (χ4n) is 3.73. The third-order valence-electron chi connectivity index (χ3n) is 5.61. The zero-order chi connectivity index (χ0) is 25.1. The van der Waals surface area contributed by atoms with E-state index in [2.05, 4.69) is 16.0 Å². The SMILES string of the molecule is CN(C=O)[C@H]1CCCNC(=O)C[C@@H](C(=O)OC(C)(C)C)CN[C@@H](CCc2ccccc2)C(=O)N1. The maximum Gasteiger partial charge on any atom is 0.311 e. The Kier molecular flexibility index (Phi) is 10.5. The summed E-state index contributed by atoms with van der Waals surface area (Å²) in [6, 6.07) is 9.20. The van der Waals surface area contributed by atoms with Gasteiger partial charge in [-0.25, -0.2) is 0 Å². The highest BCUT2D eigenvalue weighted by Crippen LogP contribution is 2.15. The molecule has 9 heteroatoms. The Morgan fingerprint density at radius 3 is 2.56 bits per heavy atom. The highest BCUT2D eigenvalue weighted by Gasteiger charge is 2.30. The predicted molar refractivity (Wildman–Crippen MR) is 129 cm³/mol. The van der Waals surface area contributed by atoms with Crippen molar-refractivity contribution in [3.05, 3.63) is 35.9 Å². The van der Waals surface area contributed by atoms with Crippen LogP contribution in [-0.2, 0) is 30.3 Å². The fourth-order valence-corrected chi connectivity index (χ4v) is 3.73. The normalized spacial score (nSPS) is 22.8. The number of benzene rings is 1. The summed E-state index contributed by atoms with van der Waals surface area (Å²) in [6.45, 7) is 5.82. The summed E-state index contributed by atoms with van der Waals surface area (Å²) in [5.41, 5.74) is 0.399. The molecule has 0 unspecified atom stereocenters. The highest BCUT2D eigenvalue weighted by atomic mass is 16.6. The van der Waals surface area contributed by atoms with Crippen molar-refractivity contribution in [2.75, 3.05) is 20.1 Å². The molecular formula is C25H38N4O5. The second-order valence-corrected chi connectivity index (χ2v) is 9.71. The third kappa shape index (κ3) is 9.51. The lowest BCUT2D eigenvalue weighted by molar-refractivity contribution is -0.161. The molecule has 1 saturated heterocycles. The molecule has 0 aliphatic carbocycles. The van der Waals surface area contributed by atoms with Crippen LogP contribution < -0.4 is 16.0 Å². The minimum atomic E-state index is -0.736. The summed E-state index contributed by atoms with van der Waals surface area (Å²) in [7, 11) is 1.61. The van der Waals surface area contributed by atoms with Gasteiger partial charge < -0.3 is 25.6 Å². The molecule has 1 aliphatic heterocycles. The Morgan fingerprint density at radius 2 is 1.91 bits per heavy atom. The van der Waals surface area contributed by atoms with Gasteiger partial charge in [0.05, 0.1) is 12.0 Å². The van der Waals surface area contributed by atoms with Crippen LogP contribution in [0.15, 0.2) is 30.3 Å². The van der Waals surface area contributed by atoms with E-state index >= 15 is 0 Å². The van der Waals surface area contributed by atoms with Gasteiger partial charge in [-0.1, -0.05) is 30.3 Å². The van der Waals surface area contributed by atoms with Gasteiger partial charge in [-0.3, -0.25) is 19.2 Å². The molecule has 3 atom stereocenters. The van der Waals surface area contributed by atoms with Crippen LogP contribution in [0.4, 0.5) is 0 Å². The highest BCUT2D eigenvalue weighted by molar-refractivity contribution is 5.84. The van der Waals surface area contributed by atoms with Gasteiger partial charge in [0.25, 0.3) is 0 Å². The molecule has 1 aliphatic rings. The van der Waals surface area contributed by atoms with E-state index in [-0.39, 0.29) is 24.8 Å². The summed E-state index contributed by atoms with van der Waals surface area (Å²) >= 11 is 0. The summed E-state index contributed by atoms with van der Waals surface area (Å²) in [4.78, 5) is 51.3. The van der Waals surface area contributed by atoms with E-state index in [1.54, 1.807) is 27.8 Å². The molecule has 1 aromatic carbocycles. The Bertz CT molecular complexity index is 824. The van der Waals surface area contributed by atoms with E-state index in [0.717, 1.165) is 5.56 Å². The molecule has 2 rings (SSSR count). The Hall–Kier alpha value is -2.94. The monoisotopic (exact) mass is 474 g/mol. The van der Waals surface area contributed by atoms with Crippen molar-refractivity contribution in [3.63, 3.8) is 0 Å². The molecule has 0 aromatic heterocycles. The molecule has 0 spiro atoms. The van der Waals surface area contributed by atoms with Crippen molar-refractivity contribution < 1.29 is 23.9 Å². The number of aryl methyl sites for hydroxylation is 1. The van der Waals surface area contributed by atoms with Gasteiger partial charge in [0, 0.05) is 26.6 Å². The zero-order valence-corrected chi connectivity index (χ0v) is 20.6. The van der Waals surface area contributed by atoms with Crippen LogP contribution in [0.1, 0.15) is 52.0 Å². The number of nitrogens with zero attached hydrogens (tertiary/aromatic N) is 1. The molecule has 0 bridgehead atoms. The van der Waals surface area contributed by atoms with Crippen molar-refractivity contribution in [1.29, 1.82) is 0 Å². The molecule has 1 heterocycles. The van der Waals surface area contributed by atoms with E-state index in [1.165, 1.54) is 4.90 Å². The van der Waals surface area contributed by atoms with Crippen molar-refractivity contribution in [2.45, 2.75) is 70.7 Å². The molecule has 188 valence electrons. The molecule has 1 fully saturated rings. The maximum atomic E-state index is 13.2. The van der Waals surface area contributed by atoms with Crippen LogP contribution in [0.3, 0.4) is 0 Å². The minimum absolute atomic E-state index is 0.0351.